The molecule has 0 aliphatic carbocycles. The molecular weight excluding hydrogens is 316 g/mol. The van der Waals surface area contributed by atoms with Gasteiger partial charge in [-0.05, 0) is 6.42 Å². The maximum Gasteiger partial charge on any atom is 0.327 e. The molecule has 24 heavy (non-hydrogen) atoms. The molecule has 0 rings (SSSR count). The summed E-state index contributed by atoms with van der Waals surface area (Å²) in [7, 11) is 0. The molecule has 0 saturated heterocycles. The highest BCUT2D eigenvalue weighted by molar-refractivity contribution is 5.78. The zero-order chi connectivity index (χ0) is 18.5. The summed E-state index contributed by atoms with van der Waals surface area (Å²) in [6.07, 6.45) is 7.21. The first-order valence-electron chi connectivity index (χ1n) is 8.49. The third-order valence-corrected chi connectivity index (χ3v) is 2.85. The Kier molecular flexibility index (Phi) is 23.2. The molecular formula is C17H34O7. The number of unbranched alkanes of at least 4 members (excludes halogenated alkanes) is 5. The molecule has 0 fully saturated rings. The van der Waals surface area contributed by atoms with Crippen LogP contribution in [0.1, 0.15) is 45.4 Å². The molecule has 3 N–H and O–H groups in total. The predicted octanol–water partition coefficient (Wildman–Crippen LogP) is 1.96. The summed E-state index contributed by atoms with van der Waals surface area (Å²) in [6, 6.07) is 0. The van der Waals surface area contributed by atoms with Gasteiger partial charge in [-0.3, -0.25) is 0 Å². The topological polar surface area (TPSA) is 105 Å². The molecule has 7 nitrogen and oxygen atoms in total. The van der Waals surface area contributed by atoms with Gasteiger partial charge >= 0.3 is 5.97 Å². The fourth-order valence-electron chi connectivity index (χ4n) is 1.62. The number of hydrogen-bond donors (Lipinski definition) is 3. The van der Waals surface area contributed by atoms with E-state index in [1.807, 2.05) is 0 Å². The smallest absolute Gasteiger partial charge is 0.327 e. The summed E-state index contributed by atoms with van der Waals surface area (Å²) >= 11 is 0. The Bertz CT molecular complexity index is 272. The van der Waals surface area contributed by atoms with Crippen molar-refractivity contribution in [3.63, 3.8) is 0 Å². The molecule has 0 aliphatic rings. The van der Waals surface area contributed by atoms with Gasteiger partial charge in [-0.1, -0.05) is 45.6 Å². The largest absolute Gasteiger partial charge is 0.478 e. The fourth-order valence-corrected chi connectivity index (χ4v) is 1.62. The minimum Gasteiger partial charge on any atom is -0.478 e. The maximum atomic E-state index is 9.46. The number of rotatable bonds is 16. The average Bonchev–Trinajstić information content (AvgIpc) is 2.57. The van der Waals surface area contributed by atoms with Crippen LogP contribution in [0.2, 0.25) is 0 Å². The van der Waals surface area contributed by atoms with Gasteiger partial charge in [0.1, 0.15) is 0 Å². The summed E-state index contributed by atoms with van der Waals surface area (Å²) in [6.45, 7) is 7.07. The van der Waals surface area contributed by atoms with Gasteiger partial charge in [0.15, 0.2) is 6.29 Å². The van der Waals surface area contributed by atoms with Gasteiger partial charge in [0.25, 0.3) is 0 Å². The summed E-state index contributed by atoms with van der Waals surface area (Å²) in [5.74, 6) is -0.981. The van der Waals surface area contributed by atoms with Crippen molar-refractivity contribution in [1.82, 2.24) is 0 Å². The molecule has 7 heteroatoms. The van der Waals surface area contributed by atoms with Crippen molar-refractivity contribution in [2.45, 2.75) is 51.7 Å². The second-order valence-corrected chi connectivity index (χ2v) is 5.05. The SMILES string of the molecule is C=CC(=O)O.CCCCCCCCOC(O)COCCOCCO. The molecule has 0 radical (unpaired) electrons. The van der Waals surface area contributed by atoms with Crippen LogP contribution in [0.4, 0.5) is 0 Å². The van der Waals surface area contributed by atoms with E-state index in [9.17, 15) is 9.90 Å². The highest BCUT2D eigenvalue weighted by Crippen LogP contribution is 2.05. The lowest BCUT2D eigenvalue weighted by molar-refractivity contribution is -0.141. The number of carboxylic acids is 1. The standard InChI is InChI=1S/C14H30O5.C3H4O2/c1-2-3-4-5-6-7-9-19-14(16)13-18-12-11-17-10-8-15;1-2-3(4)5/h14-16H,2-13H2,1H3;2H,1H2,(H,4,5). The molecule has 1 atom stereocenters. The van der Waals surface area contributed by atoms with Crippen LogP contribution in [0.5, 0.6) is 0 Å². The fraction of sp³-hybridized carbons (Fsp3) is 0.824. The minimum atomic E-state index is -0.981. The zero-order valence-corrected chi connectivity index (χ0v) is 14.8. The number of ether oxygens (including phenoxy) is 3. The molecule has 0 aromatic carbocycles. The number of hydrogen-bond acceptors (Lipinski definition) is 6. The van der Waals surface area contributed by atoms with Crippen LogP contribution in [0, 0.1) is 0 Å². The summed E-state index contributed by atoms with van der Waals surface area (Å²) in [5, 5.41) is 25.5. The number of aliphatic hydroxyl groups is 2. The summed E-state index contributed by atoms with van der Waals surface area (Å²) in [4.78, 5) is 9.25. The van der Waals surface area contributed by atoms with Gasteiger partial charge in [-0.25, -0.2) is 4.79 Å². The van der Waals surface area contributed by atoms with Crippen LogP contribution < -0.4 is 0 Å². The molecule has 0 amide bonds. The Balaban J connectivity index is 0. The Hall–Kier alpha value is -0.990. The number of carboxylic acid groups (broad SMARTS) is 1. The molecule has 144 valence electrons. The van der Waals surface area contributed by atoms with E-state index < -0.39 is 12.3 Å². The summed E-state index contributed by atoms with van der Waals surface area (Å²) in [5.41, 5.74) is 0. The van der Waals surface area contributed by atoms with Crippen molar-refractivity contribution in [2.75, 3.05) is 39.6 Å². The van der Waals surface area contributed by atoms with Crippen LogP contribution in [0.3, 0.4) is 0 Å². The van der Waals surface area contributed by atoms with E-state index in [0.29, 0.717) is 26.4 Å². The van der Waals surface area contributed by atoms with Gasteiger partial charge in [0.2, 0.25) is 0 Å². The number of carbonyl (C=O) groups is 1. The first kappa shape index (κ1) is 25.3. The second-order valence-electron chi connectivity index (χ2n) is 5.05. The first-order valence-corrected chi connectivity index (χ1v) is 8.49. The number of aliphatic carboxylic acids is 1. The third-order valence-electron chi connectivity index (χ3n) is 2.85. The molecule has 0 saturated carbocycles. The molecule has 0 bridgehead atoms. The van der Waals surface area contributed by atoms with Crippen molar-refractivity contribution >= 4 is 5.97 Å². The van der Waals surface area contributed by atoms with Crippen LogP contribution >= 0.6 is 0 Å². The van der Waals surface area contributed by atoms with E-state index in [0.717, 1.165) is 18.9 Å². The Morgan fingerprint density at radius 1 is 1.04 bits per heavy atom. The lowest BCUT2D eigenvalue weighted by Crippen LogP contribution is -2.21. The Morgan fingerprint density at radius 2 is 1.62 bits per heavy atom. The maximum absolute atomic E-state index is 9.46. The van der Waals surface area contributed by atoms with Gasteiger partial charge < -0.3 is 29.5 Å². The highest BCUT2D eigenvalue weighted by Gasteiger charge is 2.03. The third kappa shape index (κ3) is 25.9. The van der Waals surface area contributed by atoms with Gasteiger partial charge in [0.05, 0.1) is 33.0 Å². The lowest BCUT2D eigenvalue weighted by atomic mass is 10.1. The quantitative estimate of drug-likeness (QED) is 0.222. The summed E-state index contributed by atoms with van der Waals surface area (Å²) < 4.78 is 15.4. The zero-order valence-electron chi connectivity index (χ0n) is 14.8. The monoisotopic (exact) mass is 350 g/mol. The second kappa shape index (κ2) is 22.0. The van der Waals surface area contributed by atoms with Crippen molar-refractivity contribution < 1.29 is 34.3 Å². The van der Waals surface area contributed by atoms with Crippen LogP contribution in [-0.4, -0.2) is 67.2 Å². The van der Waals surface area contributed by atoms with Crippen molar-refractivity contribution in [1.29, 1.82) is 0 Å². The molecule has 0 spiro atoms. The molecule has 0 heterocycles. The normalized spacial score (nSPS) is 11.5. The predicted molar refractivity (Wildman–Crippen MR) is 91.9 cm³/mol. The van der Waals surface area contributed by atoms with Gasteiger partial charge in [-0.15, -0.1) is 0 Å². The lowest BCUT2D eigenvalue weighted by Gasteiger charge is -2.12. The molecule has 0 aromatic rings. The molecule has 0 aromatic heterocycles. The Labute approximate surface area is 145 Å². The highest BCUT2D eigenvalue weighted by atomic mass is 16.6. The van der Waals surface area contributed by atoms with E-state index in [4.69, 9.17) is 24.4 Å². The minimum absolute atomic E-state index is 0.0178. The van der Waals surface area contributed by atoms with Crippen LogP contribution in [0.15, 0.2) is 12.7 Å². The van der Waals surface area contributed by atoms with Crippen LogP contribution in [0.25, 0.3) is 0 Å². The van der Waals surface area contributed by atoms with E-state index in [1.165, 1.54) is 25.7 Å². The van der Waals surface area contributed by atoms with E-state index >= 15 is 0 Å². The number of aliphatic hydroxyl groups excluding tert-OH is 2. The van der Waals surface area contributed by atoms with E-state index in [2.05, 4.69) is 13.5 Å². The van der Waals surface area contributed by atoms with E-state index in [-0.39, 0.29) is 13.2 Å². The Morgan fingerprint density at radius 3 is 2.21 bits per heavy atom. The molecule has 0 aliphatic heterocycles. The van der Waals surface area contributed by atoms with Crippen LogP contribution in [-0.2, 0) is 19.0 Å². The van der Waals surface area contributed by atoms with Crippen molar-refractivity contribution in [3.8, 4) is 0 Å². The van der Waals surface area contributed by atoms with Crippen molar-refractivity contribution in [2.24, 2.45) is 0 Å². The molecule has 1 unspecified atom stereocenters. The first-order chi connectivity index (χ1) is 11.6. The van der Waals surface area contributed by atoms with Crippen molar-refractivity contribution in [3.05, 3.63) is 12.7 Å². The van der Waals surface area contributed by atoms with Gasteiger partial charge in [0, 0.05) is 12.7 Å². The average molecular weight is 350 g/mol. The van der Waals surface area contributed by atoms with Gasteiger partial charge in [-0.2, -0.15) is 0 Å². The van der Waals surface area contributed by atoms with E-state index in [1.54, 1.807) is 0 Å².